The van der Waals surface area contributed by atoms with Crippen LogP contribution in [0.2, 0.25) is 0 Å². The van der Waals surface area contributed by atoms with Gasteiger partial charge in [-0.2, -0.15) is 0 Å². The zero-order valence-electron chi connectivity index (χ0n) is 10.0. The van der Waals surface area contributed by atoms with Crippen molar-refractivity contribution in [3.63, 3.8) is 0 Å². The summed E-state index contributed by atoms with van der Waals surface area (Å²) in [7, 11) is -3.11. The normalized spacial score (nSPS) is 31.2. The van der Waals surface area contributed by atoms with Gasteiger partial charge in [-0.25, -0.2) is 13.2 Å². The molecule has 6 nitrogen and oxygen atoms in total. The summed E-state index contributed by atoms with van der Waals surface area (Å²) < 4.78 is 22.7. The van der Waals surface area contributed by atoms with Crippen LogP contribution in [0.1, 0.15) is 25.7 Å². The molecule has 1 N–H and O–H groups in total. The highest BCUT2D eigenvalue weighted by atomic mass is 32.2. The molecule has 2 saturated heterocycles. The molecule has 0 aliphatic carbocycles. The van der Waals surface area contributed by atoms with Gasteiger partial charge in [0.1, 0.15) is 6.04 Å². The Bertz CT molecular complexity index is 458. The molecule has 0 aromatic heterocycles. The number of piperidine rings is 1. The molecule has 2 heterocycles. The lowest BCUT2D eigenvalue weighted by atomic mass is 9.99. The van der Waals surface area contributed by atoms with Crippen LogP contribution in [0.5, 0.6) is 0 Å². The highest BCUT2D eigenvalue weighted by Crippen LogP contribution is 2.25. The second-order valence-corrected chi connectivity index (χ2v) is 7.21. The molecule has 2 rings (SSSR count). The minimum Gasteiger partial charge on any atom is -0.480 e. The molecule has 1 amide bonds. The number of rotatable bonds is 2. The summed E-state index contributed by atoms with van der Waals surface area (Å²) in [5, 5.41) is 9.09. The maximum atomic E-state index is 12.2. The summed E-state index contributed by atoms with van der Waals surface area (Å²) >= 11 is 0. The number of aliphatic carboxylic acids is 1. The van der Waals surface area contributed by atoms with Gasteiger partial charge in [-0.1, -0.05) is 0 Å². The molecule has 2 atom stereocenters. The van der Waals surface area contributed by atoms with E-state index in [0.717, 1.165) is 12.8 Å². The number of carboxylic acid groups (broad SMARTS) is 1. The predicted molar refractivity (Wildman–Crippen MR) is 63.7 cm³/mol. The van der Waals surface area contributed by atoms with E-state index in [-0.39, 0.29) is 17.4 Å². The molecule has 2 unspecified atom stereocenters. The number of carboxylic acids is 1. The molecule has 0 spiro atoms. The first kappa shape index (κ1) is 13.3. The average molecular weight is 275 g/mol. The van der Waals surface area contributed by atoms with Crippen LogP contribution in [0.4, 0.5) is 0 Å². The largest absolute Gasteiger partial charge is 0.480 e. The van der Waals surface area contributed by atoms with Crippen molar-refractivity contribution in [2.75, 3.05) is 18.1 Å². The first-order chi connectivity index (χ1) is 8.41. The number of hydrogen-bond acceptors (Lipinski definition) is 4. The second kappa shape index (κ2) is 4.87. The van der Waals surface area contributed by atoms with Gasteiger partial charge >= 0.3 is 5.97 Å². The van der Waals surface area contributed by atoms with Gasteiger partial charge in [0, 0.05) is 6.54 Å². The van der Waals surface area contributed by atoms with Crippen molar-refractivity contribution in [3.05, 3.63) is 0 Å². The van der Waals surface area contributed by atoms with E-state index in [1.54, 1.807) is 0 Å². The van der Waals surface area contributed by atoms with Crippen LogP contribution in [-0.2, 0) is 19.4 Å². The Morgan fingerprint density at radius 3 is 2.44 bits per heavy atom. The zero-order valence-corrected chi connectivity index (χ0v) is 10.9. The molecule has 2 aliphatic rings. The standard InChI is InChI=1S/C11H17NO5S/c13-10(8-4-6-18(16,17)7-8)12-5-2-1-3-9(12)11(14)15/h8-9H,1-7H2,(H,14,15). The number of carbonyl (C=O) groups is 2. The monoisotopic (exact) mass is 275 g/mol. The summed E-state index contributed by atoms with van der Waals surface area (Å²) in [6, 6.07) is -0.783. The molecule has 2 fully saturated rings. The number of nitrogens with zero attached hydrogens (tertiary/aromatic N) is 1. The van der Waals surface area contributed by atoms with Gasteiger partial charge in [0.05, 0.1) is 17.4 Å². The molecule has 18 heavy (non-hydrogen) atoms. The summed E-state index contributed by atoms with van der Waals surface area (Å²) in [5.74, 6) is -1.94. The van der Waals surface area contributed by atoms with Crippen LogP contribution in [0.3, 0.4) is 0 Å². The molecular weight excluding hydrogens is 258 g/mol. The summed E-state index contributed by atoms with van der Waals surface area (Å²) in [6.07, 6.45) is 2.36. The number of carbonyl (C=O) groups excluding carboxylic acids is 1. The Balaban J connectivity index is 2.10. The third kappa shape index (κ3) is 2.66. The van der Waals surface area contributed by atoms with Crippen LogP contribution in [0, 0.1) is 5.92 Å². The molecule has 0 bridgehead atoms. The van der Waals surface area contributed by atoms with Crippen molar-refractivity contribution < 1.29 is 23.1 Å². The molecule has 0 aromatic rings. The fourth-order valence-corrected chi connectivity index (χ4v) is 4.41. The number of hydrogen-bond donors (Lipinski definition) is 1. The summed E-state index contributed by atoms with van der Waals surface area (Å²) in [6.45, 7) is 0.423. The SMILES string of the molecule is O=C(O)C1CCCCN1C(=O)C1CCS(=O)(=O)C1. The summed E-state index contributed by atoms with van der Waals surface area (Å²) in [4.78, 5) is 24.7. The van der Waals surface area contributed by atoms with Crippen LogP contribution >= 0.6 is 0 Å². The molecular formula is C11H17NO5S. The van der Waals surface area contributed by atoms with E-state index in [9.17, 15) is 18.0 Å². The van der Waals surface area contributed by atoms with Crippen molar-refractivity contribution in [2.24, 2.45) is 5.92 Å². The van der Waals surface area contributed by atoms with E-state index < -0.39 is 27.8 Å². The Kier molecular flexibility index (Phi) is 3.61. The van der Waals surface area contributed by atoms with Crippen molar-refractivity contribution in [1.29, 1.82) is 0 Å². The van der Waals surface area contributed by atoms with Crippen LogP contribution in [0.15, 0.2) is 0 Å². The number of likely N-dealkylation sites (tertiary alicyclic amines) is 1. The van der Waals surface area contributed by atoms with Crippen molar-refractivity contribution in [3.8, 4) is 0 Å². The molecule has 0 aromatic carbocycles. The van der Waals surface area contributed by atoms with Gasteiger partial charge < -0.3 is 10.0 Å². The van der Waals surface area contributed by atoms with Gasteiger partial charge in [-0.05, 0) is 25.7 Å². The van der Waals surface area contributed by atoms with E-state index in [0.29, 0.717) is 19.4 Å². The molecule has 7 heteroatoms. The number of sulfone groups is 1. The minimum absolute atomic E-state index is 0.0367. The Hall–Kier alpha value is -1.11. The first-order valence-electron chi connectivity index (χ1n) is 6.14. The fraction of sp³-hybridized carbons (Fsp3) is 0.818. The van der Waals surface area contributed by atoms with Crippen LogP contribution in [0.25, 0.3) is 0 Å². The summed E-state index contributed by atoms with van der Waals surface area (Å²) in [5.41, 5.74) is 0. The van der Waals surface area contributed by atoms with Gasteiger partial charge in [0.15, 0.2) is 9.84 Å². The number of amides is 1. The Labute approximate surface area is 106 Å². The minimum atomic E-state index is -3.11. The highest BCUT2D eigenvalue weighted by Gasteiger charge is 2.39. The Morgan fingerprint density at radius 1 is 1.17 bits per heavy atom. The van der Waals surface area contributed by atoms with Gasteiger partial charge in [-0.15, -0.1) is 0 Å². The van der Waals surface area contributed by atoms with Crippen molar-refractivity contribution >= 4 is 21.7 Å². The fourth-order valence-electron chi connectivity index (χ4n) is 2.68. The molecule has 102 valence electrons. The van der Waals surface area contributed by atoms with Crippen molar-refractivity contribution in [2.45, 2.75) is 31.7 Å². The predicted octanol–water partition coefficient (Wildman–Crippen LogP) is -0.113. The van der Waals surface area contributed by atoms with Gasteiger partial charge in [0.25, 0.3) is 0 Å². The molecule has 0 radical (unpaired) electrons. The average Bonchev–Trinajstić information content (AvgIpc) is 2.68. The van der Waals surface area contributed by atoms with Crippen molar-refractivity contribution in [1.82, 2.24) is 4.90 Å². The second-order valence-electron chi connectivity index (χ2n) is 4.98. The van der Waals surface area contributed by atoms with E-state index >= 15 is 0 Å². The molecule has 0 saturated carbocycles. The zero-order chi connectivity index (χ0) is 13.3. The van der Waals surface area contributed by atoms with Crippen LogP contribution in [-0.4, -0.2) is 54.4 Å². The Morgan fingerprint density at radius 2 is 1.89 bits per heavy atom. The maximum Gasteiger partial charge on any atom is 0.326 e. The quantitative estimate of drug-likeness (QED) is 0.759. The first-order valence-corrected chi connectivity index (χ1v) is 7.96. The topological polar surface area (TPSA) is 91.8 Å². The molecule has 2 aliphatic heterocycles. The van der Waals surface area contributed by atoms with E-state index in [4.69, 9.17) is 5.11 Å². The third-order valence-corrected chi connectivity index (χ3v) is 5.42. The van der Waals surface area contributed by atoms with Gasteiger partial charge in [-0.3, -0.25) is 4.79 Å². The van der Waals surface area contributed by atoms with E-state index in [2.05, 4.69) is 0 Å². The lowest BCUT2D eigenvalue weighted by Crippen LogP contribution is -2.50. The lowest BCUT2D eigenvalue weighted by Gasteiger charge is -2.34. The lowest BCUT2D eigenvalue weighted by molar-refractivity contribution is -0.153. The van der Waals surface area contributed by atoms with E-state index in [1.165, 1.54) is 4.90 Å². The van der Waals surface area contributed by atoms with Gasteiger partial charge in [0.2, 0.25) is 5.91 Å². The smallest absolute Gasteiger partial charge is 0.326 e. The third-order valence-electron chi connectivity index (χ3n) is 3.65. The maximum absolute atomic E-state index is 12.2. The van der Waals surface area contributed by atoms with Crippen LogP contribution < -0.4 is 0 Å². The van der Waals surface area contributed by atoms with E-state index in [1.807, 2.05) is 0 Å². The highest BCUT2D eigenvalue weighted by molar-refractivity contribution is 7.91.